The van der Waals surface area contributed by atoms with Crippen molar-refractivity contribution in [3.05, 3.63) is 31.9 Å². The van der Waals surface area contributed by atoms with Crippen LogP contribution in [0.4, 0.5) is 0 Å². The highest BCUT2D eigenvalue weighted by atomic mass is 127. The number of fused-ring (bicyclic) bond motifs is 1. The minimum atomic E-state index is 0.00204. The zero-order chi connectivity index (χ0) is 17.7. The van der Waals surface area contributed by atoms with Gasteiger partial charge in [0.25, 0.3) is 0 Å². The second kappa shape index (κ2) is 8.96. The third-order valence-corrected chi connectivity index (χ3v) is 4.98. The number of aromatic amines is 1. The highest BCUT2D eigenvalue weighted by molar-refractivity contribution is 14.1. The number of rotatable bonds is 8. The highest BCUT2D eigenvalue weighted by Crippen LogP contribution is 2.27. The van der Waals surface area contributed by atoms with Crippen molar-refractivity contribution in [3.63, 3.8) is 0 Å². The topological polar surface area (TPSA) is 65.2 Å². The van der Waals surface area contributed by atoms with Crippen molar-refractivity contribution in [1.82, 2.24) is 15.2 Å². The number of nitrogens with one attached hydrogen (secondary N) is 2. The molecule has 7 heteroatoms. The fourth-order valence-electron chi connectivity index (χ4n) is 2.45. The zero-order valence-corrected chi connectivity index (χ0v) is 17.5. The number of ketones is 1. The molecule has 2 N–H and O–H groups in total. The predicted octanol–water partition coefficient (Wildman–Crippen LogP) is 3.57. The van der Waals surface area contributed by atoms with Gasteiger partial charge in [0.05, 0.1) is 9.26 Å². The predicted molar refractivity (Wildman–Crippen MR) is 108 cm³/mol. The average molecular weight is 506 g/mol. The summed E-state index contributed by atoms with van der Waals surface area (Å²) in [5.74, 6) is 0.0799. The highest BCUT2D eigenvalue weighted by Gasteiger charge is 2.17. The van der Waals surface area contributed by atoms with Crippen LogP contribution in [0.15, 0.2) is 22.7 Å². The Bertz CT molecular complexity index is 743. The molecule has 24 heavy (non-hydrogen) atoms. The van der Waals surface area contributed by atoms with Gasteiger partial charge in [0, 0.05) is 41.3 Å². The maximum Gasteiger partial charge on any atom is 0.220 e. The number of amides is 1. The first-order chi connectivity index (χ1) is 11.4. The van der Waals surface area contributed by atoms with Crippen LogP contribution in [0.25, 0.3) is 10.9 Å². The maximum atomic E-state index is 12.5. The Morgan fingerprint density at radius 1 is 1.29 bits per heavy atom. The van der Waals surface area contributed by atoms with Crippen LogP contribution in [0, 0.1) is 3.70 Å². The smallest absolute Gasteiger partial charge is 0.220 e. The third-order valence-electron chi connectivity index (χ3n) is 3.68. The fraction of sp³-hybridized carbons (Fsp3) is 0.412. The SMILES string of the molecule is CN(C)CCNC(=O)CCCC(=O)c1c(I)[nH]c2cc(Br)ccc12. The Kier molecular flexibility index (Phi) is 7.24. The summed E-state index contributed by atoms with van der Waals surface area (Å²) in [7, 11) is 3.93. The van der Waals surface area contributed by atoms with Crippen molar-refractivity contribution in [3.8, 4) is 0 Å². The van der Waals surface area contributed by atoms with Gasteiger partial charge in [-0.1, -0.05) is 22.0 Å². The van der Waals surface area contributed by atoms with Gasteiger partial charge in [-0.15, -0.1) is 0 Å². The van der Waals surface area contributed by atoms with Crippen molar-refractivity contribution in [2.75, 3.05) is 27.2 Å². The van der Waals surface area contributed by atoms with Crippen LogP contribution in [0.3, 0.4) is 0 Å². The molecule has 0 unspecified atom stereocenters. The van der Waals surface area contributed by atoms with Crippen LogP contribution in [0.2, 0.25) is 0 Å². The number of aromatic nitrogens is 1. The van der Waals surface area contributed by atoms with E-state index < -0.39 is 0 Å². The molecule has 5 nitrogen and oxygen atoms in total. The summed E-state index contributed by atoms with van der Waals surface area (Å²) in [4.78, 5) is 29.5. The lowest BCUT2D eigenvalue weighted by Crippen LogP contribution is -2.31. The summed E-state index contributed by atoms with van der Waals surface area (Å²) >= 11 is 5.59. The van der Waals surface area contributed by atoms with Gasteiger partial charge in [-0.3, -0.25) is 9.59 Å². The molecule has 0 fully saturated rings. The summed E-state index contributed by atoms with van der Waals surface area (Å²) in [6.07, 6.45) is 1.32. The van der Waals surface area contributed by atoms with E-state index in [1.165, 1.54) is 0 Å². The summed E-state index contributed by atoms with van der Waals surface area (Å²) < 4.78 is 1.82. The van der Waals surface area contributed by atoms with Gasteiger partial charge in [-0.05, 0) is 55.2 Å². The Labute approximate surface area is 163 Å². The lowest BCUT2D eigenvalue weighted by atomic mass is 10.0. The van der Waals surface area contributed by atoms with Gasteiger partial charge in [0.15, 0.2) is 5.78 Å². The molecule has 130 valence electrons. The number of carbonyl (C=O) groups excluding carboxylic acids is 2. The molecule has 0 saturated heterocycles. The number of Topliss-reactive ketones (excluding diaryl/α,β-unsaturated/α-hetero) is 1. The Hall–Kier alpha value is -0.930. The van der Waals surface area contributed by atoms with Crippen LogP contribution in [0.1, 0.15) is 29.6 Å². The van der Waals surface area contributed by atoms with Gasteiger partial charge in [-0.2, -0.15) is 0 Å². The normalized spacial score (nSPS) is 11.2. The molecule has 0 saturated carbocycles. The van der Waals surface area contributed by atoms with Crippen LogP contribution in [0.5, 0.6) is 0 Å². The van der Waals surface area contributed by atoms with E-state index in [1.807, 2.05) is 37.2 Å². The molecule has 0 radical (unpaired) electrons. The molecule has 0 aliphatic rings. The molecular formula is C17H21BrIN3O2. The van der Waals surface area contributed by atoms with E-state index in [9.17, 15) is 9.59 Å². The second-order valence-electron chi connectivity index (χ2n) is 5.93. The summed E-state index contributed by atoms with van der Waals surface area (Å²) in [5.41, 5.74) is 1.67. The molecule has 2 aromatic rings. The molecule has 0 aliphatic heterocycles. The molecule has 0 spiro atoms. The van der Waals surface area contributed by atoms with E-state index in [-0.39, 0.29) is 11.7 Å². The first-order valence-electron chi connectivity index (χ1n) is 7.80. The van der Waals surface area contributed by atoms with Gasteiger partial charge >= 0.3 is 0 Å². The fourth-order valence-corrected chi connectivity index (χ4v) is 3.69. The average Bonchev–Trinajstić information content (AvgIpc) is 2.81. The molecule has 1 amide bonds. The summed E-state index contributed by atoms with van der Waals surface area (Å²) in [5, 5.41) is 3.80. The number of hydrogen-bond donors (Lipinski definition) is 2. The number of H-pyrrole nitrogens is 1. The number of likely N-dealkylation sites (N-methyl/N-ethyl adjacent to an activating group) is 1. The standard InChI is InChI=1S/C17H21BrIN3O2/c1-22(2)9-8-20-15(24)5-3-4-14(23)16-12-7-6-11(18)10-13(12)21-17(16)19/h6-7,10,21H,3-5,8-9H2,1-2H3,(H,20,24). The van der Waals surface area contributed by atoms with E-state index in [0.29, 0.717) is 25.8 Å². The van der Waals surface area contributed by atoms with E-state index >= 15 is 0 Å². The number of halogens is 2. The zero-order valence-electron chi connectivity index (χ0n) is 13.8. The molecular weight excluding hydrogens is 485 g/mol. The number of benzene rings is 1. The molecule has 0 aliphatic carbocycles. The first-order valence-corrected chi connectivity index (χ1v) is 9.67. The first kappa shape index (κ1) is 19.4. The van der Waals surface area contributed by atoms with Gasteiger partial charge in [0.2, 0.25) is 5.91 Å². The van der Waals surface area contributed by atoms with E-state index in [0.717, 1.165) is 31.2 Å². The van der Waals surface area contributed by atoms with E-state index in [4.69, 9.17) is 0 Å². The lowest BCUT2D eigenvalue weighted by molar-refractivity contribution is -0.121. The molecule has 1 heterocycles. The van der Waals surface area contributed by atoms with Crippen molar-refractivity contribution < 1.29 is 9.59 Å². The van der Waals surface area contributed by atoms with Gasteiger partial charge in [0.1, 0.15) is 0 Å². The monoisotopic (exact) mass is 505 g/mol. The van der Waals surface area contributed by atoms with Crippen molar-refractivity contribution in [2.45, 2.75) is 19.3 Å². The van der Waals surface area contributed by atoms with Crippen molar-refractivity contribution in [1.29, 1.82) is 0 Å². The Morgan fingerprint density at radius 2 is 2.04 bits per heavy atom. The van der Waals surface area contributed by atoms with E-state index in [1.54, 1.807) is 0 Å². The van der Waals surface area contributed by atoms with Crippen molar-refractivity contribution in [2.24, 2.45) is 0 Å². The summed E-state index contributed by atoms with van der Waals surface area (Å²) in [6.45, 7) is 1.45. The quantitative estimate of drug-likeness (QED) is 0.426. The molecule has 0 atom stereocenters. The molecule has 1 aromatic carbocycles. The van der Waals surface area contributed by atoms with Crippen LogP contribution in [-0.2, 0) is 4.79 Å². The lowest BCUT2D eigenvalue weighted by Gasteiger charge is -2.10. The minimum Gasteiger partial charge on any atom is -0.355 e. The number of hydrogen-bond acceptors (Lipinski definition) is 3. The largest absolute Gasteiger partial charge is 0.355 e. The molecule has 1 aromatic heterocycles. The number of carbonyl (C=O) groups is 2. The van der Waals surface area contributed by atoms with Crippen LogP contribution >= 0.6 is 38.5 Å². The third kappa shape index (κ3) is 5.29. The molecule has 0 bridgehead atoms. The second-order valence-corrected chi connectivity index (χ2v) is 7.93. The maximum absolute atomic E-state index is 12.5. The Morgan fingerprint density at radius 3 is 2.75 bits per heavy atom. The number of nitrogens with zero attached hydrogens (tertiary/aromatic N) is 1. The minimum absolute atomic E-state index is 0.00204. The molecule has 2 rings (SSSR count). The summed E-state index contributed by atoms with van der Waals surface area (Å²) in [6, 6.07) is 5.84. The van der Waals surface area contributed by atoms with Gasteiger partial charge in [-0.25, -0.2) is 0 Å². The Balaban J connectivity index is 1.89. The van der Waals surface area contributed by atoms with Crippen LogP contribution < -0.4 is 5.32 Å². The van der Waals surface area contributed by atoms with Crippen LogP contribution in [-0.4, -0.2) is 48.8 Å². The van der Waals surface area contributed by atoms with Gasteiger partial charge < -0.3 is 15.2 Å². The van der Waals surface area contributed by atoms with E-state index in [2.05, 4.69) is 48.8 Å². The van der Waals surface area contributed by atoms with Crippen molar-refractivity contribution >= 4 is 61.1 Å².